The lowest BCUT2D eigenvalue weighted by Gasteiger charge is -2.32. The highest BCUT2D eigenvalue weighted by Crippen LogP contribution is 2.38. The number of carbonyl (C=O) groups is 2. The molecule has 48 heavy (non-hydrogen) atoms. The third kappa shape index (κ3) is 7.76. The maximum Gasteiger partial charge on any atom is 0.415 e. The number of ether oxygens (including phenoxy) is 3. The van der Waals surface area contributed by atoms with Crippen LogP contribution in [0.1, 0.15) is 42.5 Å². The standard InChI is InChI=1S/C41H37NO6/c1-2-45-39(43)23-14-26-46-36-22-13-12-21-35(36)38-27-33-24-25-34(28-37(33)48-38)42(41(44)47-29-30-15-6-3-7-16-30)40(31-17-8-4-9-18-31)32-19-10-5-11-20-32/h3-13,15-22,24-25,27-28,40H,2,14,23,26,29H2,1H3. The molecule has 0 saturated heterocycles. The smallest absolute Gasteiger partial charge is 0.415 e. The first kappa shape index (κ1) is 32.1. The fourth-order valence-electron chi connectivity index (χ4n) is 5.64. The SMILES string of the molecule is CCOC(=O)CCCOc1ccccc1-c1cc2ccc(N(C(=O)OCc3ccccc3)C(c3ccccc3)c3ccccc3)cc2o1. The number of hydrogen-bond acceptors (Lipinski definition) is 6. The summed E-state index contributed by atoms with van der Waals surface area (Å²) in [6, 6.07) is 44.4. The Bertz CT molecular complexity index is 1900. The highest BCUT2D eigenvalue weighted by molar-refractivity contribution is 5.94. The lowest BCUT2D eigenvalue weighted by atomic mass is 9.96. The van der Waals surface area contributed by atoms with Crippen molar-refractivity contribution in [1.82, 2.24) is 0 Å². The molecular weight excluding hydrogens is 602 g/mol. The maximum atomic E-state index is 14.1. The van der Waals surface area contributed by atoms with Gasteiger partial charge in [-0.3, -0.25) is 9.69 Å². The normalized spacial score (nSPS) is 11.0. The van der Waals surface area contributed by atoms with E-state index in [0.29, 0.717) is 48.8 Å². The fourth-order valence-corrected chi connectivity index (χ4v) is 5.64. The molecule has 1 aromatic heterocycles. The summed E-state index contributed by atoms with van der Waals surface area (Å²) in [6.07, 6.45) is 0.349. The molecule has 242 valence electrons. The van der Waals surface area contributed by atoms with E-state index in [0.717, 1.165) is 27.6 Å². The molecule has 7 heteroatoms. The van der Waals surface area contributed by atoms with Gasteiger partial charge in [-0.05, 0) is 60.4 Å². The first-order chi connectivity index (χ1) is 23.6. The second kappa shape index (κ2) is 15.6. The van der Waals surface area contributed by atoms with Crippen LogP contribution < -0.4 is 9.64 Å². The Labute approximate surface area is 280 Å². The predicted octanol–water partition coefficient (Wildman–Crippen LogP) is 9.75. The van der Waals surface area contributed by atoms with Gasteiger partial charge in [0.2, 0.25) is 0 Å². The highest BCUT2D eigenvalue weighted by Gasteiger charge is 2.30. The summed E-state index contributed by atoms with van der Waals surface area (Å²) in [6.45, 7) is 2.65. The van der Waals surface area contributed by atoms with Crippen LogP contribution in [0.15, 0.2) is 144 Å². The minimum atomic E-state index is -0.482. The molecule has 6 aromatic rings. The number of benzene rings is 5. The Morgan fingerprint density at radius 3 is 2.06 bits per heavy atom. The number of carbonyl (C=O) groups excluding carboxylic acids is 2. The monoisotopic (exact) mass is 639 g/mol. The molecule has 0 bridgehead atoms. The zero-order chi connectivity index (χ0) is 33.1. The van der Waals surface area contributed by atoms with E-state index in [1.54, 1.807) is 11.8 Å². The minimum Gasteiger partial charge on any atom is -0.493 e. The zero-order valence-electron chi connectivity index (χ0n) is 26.8. The Hall–Kier alpha value is -5.82. The van der Waals surface area contributed by atoms with Crippen LogP contribution in [0.2, 0.25) is 0 Å². The maximum absolute atomic E-state index is 14.1. The molecule has 0 spiro atoms. The van der Waals surface area contributed by atoms with Crippen LogP contribution in [0.25, 0.3) is 22.3 Å². The quantitative estimate of drug-likeness (QED) is 0.0925. The van der Waals surface area contributed by atoms with Crippen molar-refractivity contribution in [3.8, 4) is 17.1 Å². The molecule has 6 rings (SSSR count). The Balaban J connectivity index is 1.34. The third-order valence-electron chi connectivity index (χ3n) is 7.91. The van der Waals surface area contributed by atoms with Crippen LogP contribution in [0.5, 0.6) is 5.75 Å². The Morgan fingerprint density at radius 2 is 1.38 bits per heavy atom. The van der Waals surface area contributed by atoms with Gasteiger partial charge in [-0.15, -0.1) is 0 Å². The summed E-state index contributed by atoms with van der Waals surface area (Å²) in [7, 11) is 0. The zero-order valence-corrected chi connectivity index (χ0v) is 26.8. The van der Waals surface area contributed by atoms with Crippen LogP contribution in [-0.2, 0) is 20.9 Å². The number of amides is 1. The second-order valence-electron chi connectivity index (χ2n) is 11.2. The van der Waals surface area contributed by atoms with Crippen molar-refractivity contribution in [1.29, 1.82) is 0 Å². The van der Waals surface area contributed by atoms with Gasteiger partial charge < -0.3 is 18.6 Å². The summed E-state index contributed by atoms with van der Waals surface area (Å²) < 4.78 is 23.5. The molecule has 0 aliphatic rings. The lowest BCUT2D eigenvalue weighted by molar-refractivity contribution is -0.143. The van der Waals surface area contributed by atoms with Gasteiger partial charge in [0, 0.05) is 17.9 Å². The van der Waals surface area contributed by atoms with Crippen molar-refractivity contribution >= 4 is 28.7 Å². The van der Waals surface area contributed by atoms with E-state index >= 15 is 0 Å². The van der Waals surface area contributed by atoms with Crippen molar-refractivity contribution in [3.05, 3.63) is 156 Å². The number of nitrogens with zero attached hydrogens (tertiary/aromatic N) is 1. The fraction of sp³-hybridized carbons (Fsp3) is 0.171. The second-order valence-corrected chi connectivity index (χ2v) is 11.2. The van der Waals surface area contributed by atoms with E-state index in [4.69, 9.17) is 18.6 Å². The molecular formula is C41H37NO6. The molecule has 0 radical (unpaired) electrons. The van der Waals surface area contributed by atoms with E-state index in [-0.39, 0.29) is 12.6 Å². The first-order valence-electron chi connectivity index (χ1n) is 16.1. The van der Waals surface area contributed by atoms with E-state index in [1.807, 2.05) is 140 Å². The van der Waals surface area contributed by atoms with Gasteiger partial charge in [-0.25, -0.2) is 4.79 Å². The van der Waals surface area contributed by atoms with Gasteiger partial charge >= 0.3 is 12.1 Å². The van der Waals surface area contributed by atoms with Crippen molar-refractivity contribution in [3.63, 3.8) is 0 Å². The molecule has 0 fully saturated rings. The number of anilines is 1. The van der Waals surface area contributed by atoms with E-state index in [2.05, 4.69) is 0 Å². The highest BCUT2D eigenvalue weighted by atomic mass is 16.6. The van der Waals surface area contributed by atoms with Crippen molar-refractivity contribution < 1.29 is 28.2 Å². The number of fused-ring (bicyclic) bond motifs is 1. The topological polar surface area (TPSA) is 78.2 Å². The minimum absolute atomic E-state index is 0.135. The van der Waals surface area contributed by atoms with Crippen molar-refractivity contribution in [2.24, 2.45) is 0 Å². The molecule has 0 aliphatic heterocycles. The predicted molar refractivity (Wildman–Crippen MR) is 187 cm³/mol. The summed E-state index contributed by atoms with van der Waals surface area (Å²) in [5, 5.41) is 0.874. The van der Waals surface area contributed by atoms with Crippen molar-refractivity contribution in [2.45, 2.75) is 32.4 Å². The first-order valence-corrected chi connectivity index (χ1v) is 16.1. The van der Waals surface area contributed by atoms with Crippen molar-refractivity contribution in [2.75, 3.05) is 18.1 Å². The molecule has 1 amide bonds. The van der Waals surface area contributed by atoms with Gasteiger partial charge in [0.1, 0.15) is 23.7 Å². The van der Waals surface area contributed by atoms with Gasteiger partial charge in [-0.2, -0.15) is 0 Å². The number of esters is 1. The van der Waals surface area contributed by atoms with Crippen LogP contribution in [-0.4, -0.2) is 25.3 Å². The molecule has 7 nitrogen and oxygen atoms in total. The van der Waals surface area contributed by atoms with E-state index in [9.17, 15) is 9.59 Å². The Kier molecular flexibility index (Phi) is 10.5. The summed E-state index contributed by atoms with van der Waals surface area (Å²) in [5.41, 5.74) is 4.80. The molecule has 1 heterocycles. The van der Waals surface area contributed by atoms with Gasteiger partial charge in [0.15, 0.2) is 0 Å². The number of furan rings is 1. The average molecular weight is 640 g/mol. The Morgan fingerprint density at radius 1 is 0.729 bits per heavy atom. The van der Waals surface area contributed by atoms with Crippen LogP contribution in [0.4, 0.5) is 10.5 Å². The molecule has 0 unspecified atom stereocenters. The average Bonchev–Trinajstić information content (AvgIpc) is 3.56. The molecule has 5 aromatic carbocycles. The van der Waals surface area contributed by atoms with Crippen LogP contribution >= 0.6 is 0 Å². The molecule has 0 aliphatic carbocycles. The summed E-state index contributed by atoms with van der Waals surface area (Å²) in [4.78, 5) is 27.6. The van der Waals surface area contributed by atoms with Gasteiger partial charge in [-0.1, -0.05) is 103 Å². The molecule has 0 saturated carbocycles. The van der Waals surface area contributed by atoms with Gasteiger partial charge in [0.25, 0.3) is 0 Å². The number of para-hydroxylation sites is 1. The summed E-state index contributed by atoms with van der Waals surface area (Å²) >= 11 is 0. The molecule has 0 N–H and O–H groups in total. The number of hydrogen-bond donors (Lipinski definition) is 0. The molecule has 0 atom stereocenters. The van der Waals surface area contributed by atoms with Gasteiger partial charge in [0.05, 0.1) is 30.5 Å². The van der Waals surface area contributed by atoms with E-state index < -0.39 is 12.1 Å². The third-order valence-corrected chi connectivity index (χ3v) is 7.91. The van der Waals surface area contributed by atoms with Crippen LogP contribution in [0.3, 0.4) is 0 Å². The lowest BCUT2D eigenvalue weighted by Crippen LogP contribution is -2.36. The number of rotatable bonds is 13. The largest absolute Gasteiger partial charge is 0.493 e. The summed E-state index contributed by atoms with van der Waals surface area (Å²) in [5.74, 6) is 1.05. The van der Waals surface area contributed by atoms with Crippen LogP contribution in [0, 0.1) is 0 Å². The van der Waals surface area contributed by atoms with E-state index in [1.165, 1.54) is 0 Å².